The van der Waals surface area contributed by atoms with Crippen molar-refractivity contribution >= 4 is 20.6 Å². The SMILES string of the molecule is O=S1CCC(NCC2CCCS2(=O)=O)CC1. The van der Waals surface area contributed by atoms with Crippen LogP contribution < -0.4 is 5.32 Å². The van der Waals surface area contributed by atoms with Crippen molar-refractivity contribution in [2.24, 2.45) is 0 Å². The van der Waals surface area contributed by atoms with Gasteiger partial charge in [-0.15, -0.1) is 0 Å². The van der Waals surface area contributed by atoms with Gasteiger partial charge in [-0.2, -0.15) is 0 Å². The third kappa shape index (κ3) is 3.05. The van der Waals surface area contributed by atoms with Crippen LogP contribution in [-0.4, -0.2) is 47.7 Å². The molecule has 0 aromatic heterocycles. The van der Waals surface area contributed by atoms with E-state index in [2.05, 4.69) is 5.32 Å². The fraction of sp³-hybridized carbons (Fsp3) is 1.00. The molecule has 2 aliphatic heterocycles. The van der Waals surface area contributed by atoms with Crippen LogP contribution in [0.4, 0.5) is 0 Å². The first-order valence-corrected chi connectivity index (χ1v) is 9.08. The lowest BCUT2D eigenvalue weighted by Gasteiger charge is -2.23. The molecule has 4 nitrogen and oxygen atoms in total. The van der Waals surface area contributed by atoms with Crippen molar-refractivity contribution in [2.75, 3.05) is 23.8 Å². The van der Waals surface area contributed by atoms with Gasteiger partial charge in [-0.1, -0.05) is 0 Å². The van der Waals surface area contributed by atoms with Gasteiger partial charge in [0, 0.05) is 34.9 Å². The summed E-state index contributed by atoms with van der Waals surface area (Å²) < 4.78 is 34.4. The van der Waals surface area contributed by atoms with Crippen molar-refractivity contribution in [1.29, 1.82) is 0 Å². The van der Waals surface area contributed by atoms with E-state index in [1.165, 1.54) is 0 Å². The van der Waals surface area contributed by atoms with Crippen molar-refractivity contribution in [2.45, 2.75) is 37.0 Å². The van der Waals surface area contributed by atoms with Crippen LogP contribution in [0.2, 0.25) is 0 Å². The van der Waals surface area contributed by atoms with Crippen LogP contribution in [0.5, 0.6) is 0 Å². The summed E-state index contributed by atoms with van der Waals surface area (Å²) in [7, 11) is -3.46. The Kier molecular flexibility index (Phi) is 4.02. The van der Waals surface area contributed by atoms with Gasteiger partial charge in [0.1, 0.15) is 0 Å². The summed E-state index contributed by atoms with van der Waals surface area (Å²) >= 11 is 0. The average molecular weight is 265 g/mol. The first-order chi connectivity index (χ1) is 7.58. The van der Waals surface area contributed by atoms with E-state index in [0.29, 0.717) is 18.3 Å². The molecule has 0 amide bonds. The van der Waals surface area contributed by atoms with Crippen LogP contribution >= 0.6 is 0 Å². The zero-order valence-corrected chi connectivity index (χ0v) is 11.0. The Bertz CT molecular complexity index is 356. The summed E-state index contributed by atoms with van der Waals surface area (Å²) in [5, 5.41) is 3.15. The molecule has 2 fully saturated rings. The van der Waals surface area contributed by atoms with Gasteiger partial charge in [0.15, 0.2) is 9.84 Å². The minimum Gasteiger partial charge on any atom is -0.313 e. The maximum atomic E-state index is 11.6. The highest BCUT2D eigenvalue weighted by atomic mass is 32.2. The van der Waals surface area contributed by atoms with Gasteiger partial charge in [0.25, 0.3) is 0 Å². The molecule has 0 aliphatic carbocycles. The molecule has 0 spiro atoms. The molecule has 6 heteroatoms. The zero-order chi connectivity index (χ0) is 11.6. The van der Waals surface area contributed by atoms with Gasteiger partial charge in [0.2, 0.25) is 0 Å². The van der Waals surface area contributed by atoms with Crippen molar-refractivity contribution < 1.29 is 12.6 Å². The third-order valence-corrected chi connectivity index (χ3v) is 7.14. The fourth-order valence-electron chi connectivity index (χ4n) is 2.38. The van der Waals surface area contributed by atoms with E-state index in [0.717, 1.165) is 37.2 Å². The molecule has 1 N–H and O–H groups in total. The summed E-state index contributed by atoms with van der Waals surface area (Å²) in [6.45, 7) is 0.583. The summed E-state index contributed by atoms with van der Waals surface area (Å²) in [5.74, 6) is 1.87. The number of hydrogen-bond donors (Lipinski definition) is 1. The second-order valence-corrected chi connectivity index (χ2v) is 8.76. The lowest BCUT2D eigenvalue weighted by molar-refractivity contribution is 0.467. The van der Waals surface area contributed by atoms with Gasteiger partial charge in [-0.05, 0) is 25.7 Å². The maximum absolute atomic E-state index is 11.6. The minimum atomic E-state index is -2.82. The molecule has 1 atom stereocenters. The van der Waals surface area contributed by atoms with Crippen LogP contribution in [0.15, 0.2) is 0 Å². The predicted molar refractivity (Wildman–Crippen MR) is 65.7 cm³/mol. The maximum Gasteiger partial charge on any atom is 0.154 e. The lowest BCUT2D eigenvalue weighted by atomic mass is 10.1. The number of nitrogens with one attached hydrogen (secondary N) is 1. The monoisotopic (exact) mass is 265 g/mol. The van der Waals surface area contributed by atoms with Crippen LogP contribution in [0.1, 0.15) is 25.7 Å². The Labute approximate surface area is 99.6 Å². The van der Waals surface area contributed by atoms with Crippen LogP contribution in [0, 0.1) is 0 Å². The van der Waals surface area contributed by atoms with Gasteiger partial charge < -0.3 is 5.32 Å². The molecule has 0 radical (unpaired) electrons. The number of rotatable bonds is 3. The highest BCUT2D eigenvalue weighted by Gasteiger charge is 2.31. The molecule has 1 unspecified atom stereocenters. The molecule has 94 valence electrons. The molecule has 2 heterocycles. The Morgan fingerprint density at radius 1 is 1.19 bits per heavy atom. The summed E-state index contributed by atoms with van der Waals surface area (Å²) in [5.41, 5.74) is 0. The zero-order valence-electron chi connectivity index (χ0n) is 9.35. The number of hydrogen-bond acceptors (Lipinski definition) is 4. The smallest absolute Gasteiger partial charge is 0.154 e. The van der Waals surface area contributed by atoms with Gasteiger partial charge in [-0.25, -0.2) is 8.42 Å². The normalized spacial score (nSPS) is 38.6. The largest absolute Gasteiger partial charge is 0.313 e. The first kappa shape index (κ1) is 12.5. The molecule has 2 saturated heterocycles. The van der Waals surface area contributed by atoms with Crippen molar-refractivity contribution in [3.05, 3.63) is 0 Å². The quantitative estimate of drug-likeness (QED) is 0.784. The van der Waals surface area contributed by atoms with Crippen molar-refractivity contribution in [3.63, 3.8) is 0 Å². The molecule has 2 rings (SSSR count). The first-order valence-electron chi connectivity index (χ1n) is 5.88. The highest BCUT2D eigenvalue weighted by Crippen LogP contribution is 2.19. The fourth-order valence-corrected chi connectivity index (χ4v) is 5.46. The van der Waals surface area contributed by atoms with Gasteiger partial charge in [-0.3, -0.25) is 4.21 Å². The lowest BCUT2D eigenvalue weighted by Crippen LogP contribution is -2.41. The molecule has 2 aliphatic rings. The molecule has 0 aromatic carbocycles. The van der Waals surface area contributed by atoms with E-state index in [4.69, 9.17) is 0 Å². The summed E-state index contributed by atoms with van der Waals surface area (Å²) in [4.78, 5) is 0. The van der Waals surface area contributed by atoms with E-state index in [1.54, 1.807) is 0 Å². The van der Waals surface area contributed by atoms with E-state index < -0.39 is 20.6 Å². The minimum absolute atomic E-state index is 0.181. The van der Waals surface area contributed by atoms with Crippen molar-refractivity contribution in [3.8, 4) is 0 Å². The molecule has 16 heavy (non-hydrogen) atoms. The van der Waals surface area contributed by atoms with Crippen LogP contribution in [0.3, 0.4) is 0 Å². The second-order valence-electron chi connectivity index (χ2n) is 4.66. The Morgan fingerprint density at radius 3 is 2.44 bits per heavy atom. The Balaban J connectivity index is 1.77. The van der Waals surface area contributed by atoms with E-state index >= 15 is 0 Å². The molecular weight excluding hydrogens is 246 g/mol. The van der Waals surface area contributed by atoms with Crippen LogP contribution in [0.25, 0.3) is 0 Å². The average Bonchev–Trinajstić information content (AvgIpc) is 2.57. The standard InChI is InChI=1S/C10H19NO3S2/c12-15-5-3-9(4-6-15)11-8-10-2-1-7-16(10,13)14/h9-11H,1-8H2. The second kappa shape index (κ2) is 5.14. The van der Waals surface area contributed by atoms with Gasteiger partial charge >= 0.3 is 0 Å². The predicted octanol–water partition coefficient (Wildman–Crippen LogP) is 0.0643. The Morgan fingerprint density at radius 2 is 1.88 bits per heavy atom. The Hall–Kier alpha value is 0.0600. The molecular formula is C10H19NO3S2. The van der Waals surface area contributed by atoms with Gasteiger partial charge in [0.05, 0.1) is 11.0 Å². The summed E-state index contributed by atoms with van der Waals surface area (Å²) in [6.07, 6.45) is 3.44. The third-order valence-electron chi connectivity index (χ3n) is 3.48. The molecule has 0 aromatic rings. The molecule has 0 bridgehead atoms. The van der Waals surface area contributed by atoms with E-state index in [1.807, 2.05) is 0 Å². The molecule has 0 saturated carbocycles. The van der Waals surface area contributed by atoms with Crippen molar-refractivity contribution in [1.82, 2.24) is 5.32 Å². The van der Waals surface area contributed by atoms with E-state index in [-0.39, 0.29) is 5.25 Å². The van der Waals surface area contributed by atoms with E-state index in [9.17, 15) is 12.6 Å². The van der Waals surface area contributed by atoms with Crippen LogP contribution in [-0.2, 0) is 20.6 Å². The number of sulfone groups is 1. The summed E-state index contributed by atoms with van der Waals surface area (Å²) in [6, 6.07) is 0.369. The highest BCUT2D eigenvalue weighted by molar-refractivity contribution is 7.92. The topological polar surface area (TPSA) is 63.2 Å².